The molecule has 180 valence electrons. The molecule has 0 aromatic heterocycles. The highest BCUT2D eigenvalue weighted by Crippen LogP contribution is 2.23. The molecule has 0 heterocycles. The molecule has 1 rings (SSSR count). The molecule has 1 aromatic carbocycles. The van der Waals surface area contributed by atoms with Gasteiger partial charge >= 0.3 is 6.09 Å². The van der Waals surface area contributed by atoms with Gasteiger partial charge in [-0.3, -0.25) is 9.59 Å². The number of aryl methyl sites for hydroxylation is 1. The second-order valence-electron chi connectivity index (χ2n) is 9.11. The number of hydrogen-bond acceptors (Lipinski definition) is 4. The Morgan fingerprint density at radius 1 is 0.969 bits per heavy atom. The lowest BCUT2D eigenvalue weighted by atomic mass is 10.0. The molecule has 7 heteroatoms. The zero-order valence-corrected chi connectivity index (χ0v) is 20.6. The van der Waals surface area contributed by atoms with Gasteiger partial charge in [0.15, 0.2) is 0 Å². The molecular formula is C25H41N3O4. The number of nitrogens with one attached hydrogen (secondary N) is 2. The Labute approximate surface area is 193 Å². The van der Waals surface area contributed by atoms with Gasteiger partial charge < -0.3 is 20.3 Å². The lowest BCUT2D eigenvalue weighted by Gasteiger charge is -2.32. The first kappa shape index (κ1) is 27.5. The van der Waals surface area contributed by atoms with E-state index >= 15 is 0 Å². The minimum absolute atomic E-state index is 0.204. The third-order valence-corrected chi connectivity index (χ3v) is 4.89. The maximum Gasteiger partial charge on any atom is 0.408 e. The number of carbonyl (C=O) groups excluding carboxylic acids is 3. The molecule has 0 spiro atoms. The van der Waals surface area contributed by atoms with Gasteiger partial charge in [-0.2, -0.15) is 0 Å². The number of hydrogen-bond donors (Lipinski definition) is 2. The Kier molecular flexibility index (Phi) is 11.8. The average molecular weight is 448 g/mol. The van der Waals surface area contributed by atoms with Crippen molar-refractivity contribution in [3.8, 4) is 0 Å². The van der Waals surface area contributed by atoms with Crippen LogP contribution in [0.2, 0.25) is 0 Å². The van der Waals surface area contributed by atoms with Gasteiger partial charge in [0, 0.05) is 13.1 Å². The van der Waals surface area contributed by atoms with Crippen molar-refractivity contribution in [2.75, 3.05) is 19.6 Å². The fourth-order valence-electron chi connectivity index (χ4n) is 3.20. The van der Waals surface area contributed by atoms with Crippen molar-refractivity contribution in [1.29, 1.82) is 0 Å². The van der Waals surface area contributed by atoms with Crippen LogP contribution < -0.4 is 10.6 Å². The molecule has 1 unspecified atom stereocenters. The van der Waals surface area contributed by atoms with Crippen LogP contribution in [0.15, 0.2) is 24.3 Å². The SMILES string of the molecule is CCCCCN(C(=O)CNC(=O)OC(C)(C)C)C(C(=O)NCCCC)c1ccc(C)cc1. The van der Waals surface area contributed by atoms with Crippen LogP contribution in [0.1, 0.15) is 83.9 Å². The third kappa shape index (κ3) is 10.2. The van der Waals surface area contributed by atoms with E-state index in [9.17, 15) is 14.4 Å². The molecule has 0 aliphatic rings. The summed E-state index contributed by atoms with van der Waals surface area (Å²) in [5.41, 5.74) is 1.18. The first-order valence-electron chi connectivity index (χ1n) is 11.7. The van der Waals surface area contributed by atoms with E-state index in [0.29, 0.717) is 13.1 Å². The van der Waals surface area contributed by atoms with Crippen LogP contribution in [0.25, 0.3) is 0 Å². The van der Waals surface area contributed by atoms with E-state index in [-0.39, 0.29) is 18.4 Å². The molecule has 0 fully saturated rings. The molecular weight excluding hydrogens is 406 g/mol. The topological polar surface area (TPSA) is 87.7 Å². The summed E-state index contributed by atoms with van der Waals surface area (Å²) in [4.78, 5) is 40.0. The van der Waals surface area contributed by atoms with Crippen LogP contribution in [0.5, 0.6) is 0 Å². The highest BCUT2D eigenvalue weighted by molar-refractivity contribution is 5.90. The minimum Gasteiger partial charge on any atom is -0.444 e. The first-order chi connectivity index (χ1) is 15.1. The third-order valence-electron chi connectivity index (χ3n) is 4.89. The number of amides is 3. The molecule has 7 nitrogen and oxygen atoms in total. The molecule has 32 heavy (non-hydrogen) atoms. The number of nitrogens with zero attached hydrogens (tertiary/aromatic N) is 1. The molecule has 3 amide bonds. The van der Waals surface area contributed by atoms with E-state index in [2.05, 4.69) is 24.5 Å². The van der Waals surface area contributed by atoms with Crippen molar-refractivity contribution < 1.29 is 19.1 Å². The van der Waals surface area contributed by atoms with Gasteiger partial charge in [0.2, 0.25) is 11.8 Å². The quantitative estimate of drug-likeness (QED) is 0.462. The second kappa shape index (κ2) is 13.8. The van der Waals surface area contributed by atoms with Crippen LogP contribution in [0.3, 0.4) is 0 Å². The lowest BCUT2D eigenvalue weighted by Crippen LogP contribution is -2.48. The maximum absolute atomic E-state index is 13.2. The Balaban J connectivity index is 3.11. The van der Waals surface area contributed by atoms with Crippen molar-refractivity contribution in [3.63, 3.8) is 0 Å². The Morgan fingerprint density at radius 2 is 1.59 bits per heavy atom. The van der Waals surface area contributed by atoms with E-state index in [1.165, 1.54) is 0 Å². The minimum atomic E-state index is -0.753. The number of benzene rings is 1. The highest BCUT2D eigenvalue weighted by Gasteiger charge is 2.31. The van der Waals surface area contributed by atoms with Crippen molar-refractivity contribution in [3.05, 3.63) is 35.4 Å². The molecule has 0 bridgehead atoms. The number of rotatable bonds is 12. The summed E-state index contributed by atoms with van der Waals surface area (Å²) in [6, 6.07) is 6.91. The lowest BCUT2D eigenvalue weighted by molar-refractivity contribution is -0.140. The molecule has 0 aliphatic carbocycles. The van der Waals surface area contributed by atoms with Crippen LogP contribution >= 0.6 is 0 Å². The van der Waals surface area contributed by atoms with E-state index in [4.69, 9.17) is 4.74 Å². The fourth-order valence-corrected chi connectivity index (χ4v) is 3.20. The zero-order chi connectivity index (χ0) is 24.1. The molecule has 1 aromatic rings. The van der Waals surface area contributed by atoms with Gasteiger partial charge in [0.25, 0.3) is 0 Å². The van der Waals surface area contributed by atoms with Gasteiger partial charge in [-0.25, -0.2) is 4.79 Å². The summed E-state index contributed by atoms with van der Waals surface area (Å²) in [5.74, 6) is -0.521. The normalized spacial score (nSPS) is 12.1. The summed E-state index contributed by atoms with van der Waals surface area (Å²) >= 11 is 0. The molecule has 0 saturated carbocycles. The highest BCUT2D eigenvalue weighted by atomic mass is 16.6. The maximum atomic E-state index is 13.2. The van der Waals surface area contributed by atoms with Gasteiger partial charge in [0.05, 0.1) is 0 Å². The number of carbonyl (C=O) groups is 3. The first-order valence-corrected chi connectivity index (χ1v) is 11.7. The van der Waals surface area contributed by atoms with Gasteiger partial charge in [-0.15, -0.1) is 0 Å². The predicted octanol–water partition coefficient (Wildman–Crippen LogP) is 4.50. The Hall–Kier alpha value is -2.57. The Morgan fingerprint density at radius 3 is 2.16 bits per heavy atom. The number of ether oxygens (including phenoxy) is 1. The molecule has 1 atom stereocenters. The molecule has 0 saturated heterocycles. The summed E-state index contributed by atoms with van der Waals surface area (Å²) in [5, 5.41) is 5.51. The summed E-state index contributed by atoms with van der Waals surface area (Å²) < 4.78 is 5.24. The molecule has 0 aliphatic heterocycles. The van der Waals surface area contributed by atoms with Crippen molar-refractivity contribution >= 4 is 17.9 Å². The summed E-state index contributed by atoms with van der Waals surface area (Å²) in [6.07, 6.45) is 3.90. The number of alkyl carbamates (subject to hydrolysis) is 1. The van der Waals surface area contributed by atoms with Crippen molar-refractivity contribution in [2.45, 2.75) is 85.3 Å². The van der Waals surface area contributed by atoms with Gasteiger partial charge in [-0.1, -0.05) is 62.9 Å². The summed E-state index contributed by atoms with van der Waals surface area (Å²) in [6.45, 7) is 12.2. The van der Waals surface area contributed by atoms with E-state index in [0.717, 1.165) is 43.2 Å². The van der Waals surface area contributed by atoms with Gasteiger partial charge in [0.1, 0.15) is 18.2 Å². The Bertz CT molecular complexity index is 726. The van der Waals surface area contributed by atoms with E-state index < -0.39 is 17.7 Å². The second-order valence-corrected chi connectivity index (χ2v) is 9.11. The summed E-state index contributed by atoms with van der Waals surface area (Å²) in [7, 11) is 0. The fraction of sp³-hybridized carbons (Fsp3) is 0.640. The standard InChI is InChI=1S/C25H41N3O4/c1-7-9-11-17-28(21(29)18-27-24(31)32-25(4,5)6)22(23(30)26-16-10-8-2)20-14-12-19(3)13-15-20/h12-15,22H,7-11,16-18H2,1-6H3,(H,26,30)(H,27,31). The smallest absolute Gasteiger partial charge is 0.408 e. The van der Waals surface area contributed by atoms with Crippen molar-refractivity contribution in [2.24, 2.45) is 0 Å². The van der Waals surface area contributed by atoms with Crippen LogP contribution in [-0.2, 0) is 14.3 Å². The molecule has 0 radical (unpaired) electrons. The zero-order valence-electron chi connectivity index (χ0n) is 20.6. The van der Waals surface area contributed by atoms with E-state index in [1.54, 1.807) is 25.7 Å². The monoisotopic (exact) mass is 447 g/mol. The predicted molar refractivity (Wildman–Crippen MR) is 127 cm³/mol. The van der Waals surface area contributed by atoms with Crippen LogP contribution in [0.4, 0.5) is 4.79 Å². The van der Waals surface area contributed by atoms with Crippen molar-refractivity contribution in [1.82, 2.24) is 15.5 Å². The number of unbranched alkanes of at least 4 members (excludes halogenated alkanes) is 3. The largest absolute Gasteiger partial charge is 0.444 e. The molecule has 2 N–H and O–H groups in total. The average Bonchev–Trinajstić information content (AvgIpc) is 2.71. The van der Waals surface area contributed by atoms with Crippen LogP contribution in [-0.4, -0.2) is 48.0 Å². The van der Waals surface area contributed by atoms with Crippen LogP contribution in [0, 0.1) is 6.92 Å². The van der Waals surface area contributed by atoms with E-state index in [1.807, 2.05) is 31.2 Å². The van der Waals surface area contributed by atoms with Gasteiger partial charge in [-0.05, 0) is 46.1 Å².